The molecule has 3 aromatic rings. The molecule has 2 aliphatic rings. The van der Waals surface area contributed by atoms with E-state index in [0.717, 1.165) is 17.0 Å². The molecule has 1 nitrogen and oxygen atoms in total. The number of hydrogen-bond donors (Lipinski definition) is 1. The Kier molecular flexibility index (Phi) is 12.3. The summed E-state index contributed by atoms with van der Waals surface area (Å²) >= 11 is 0. The normalized spacial score (nSPS) is 18.6. The quantitative estimate of drug-likeness (QED) is 0.397. The Hall–Kier alpha value is -2.35. The first kappa shape index (κ1) is 28.9. The van der Waals surface area contributed by atoms with E-state index in [-0.39, 0.29) is 5.75 Å². The molecule has 0 aliphatic heterocycles. The fraction of sp³-hybridized carbons (Fsp3) is 0.515. The second-order valence-electron chi connectivity index (χ2n) is 9.49. The Bertz CT molecular complexity index is 999. The number of fused-ring (bicyclic) bond motifs is 1. The Labute approximate surface area is 213 Å². The zero-order valence-electron chi connectivity index (χ0n) is 23.0. The number of phenolic OH excluding ortho intramolecular Hbond substituents is 1. The highest BCUT2D eigenvalue weighted by Gasteiger charge is 2.21. The van der Waals surface area contributed by atoms with Crippen LogP contribution in [-0.2, 0) is 0 Å². The molecule has 0 bridgehead atoms. The summed E-state index contributed by atoms with van der Waals surface area (Å²) in [7, 11) is 0. The van der Waals surface area contributed by atoms with Crippen molar-refractivity contribution in [1.29, 1.82) is 0 Å². The predicted molar refractivity (Wildman–Crippen MR) is 152 cm³/mol. The van der Waals surface area contributed by atoms with E-state index in [1.165, 1.54) is 80.2 Å². The third-order valence-corrected chi connectivity index (χ3v) is 7.35. The predicted octanol–water partition coefficient (Wildman–Crippen LogP) is 11.0. The lowest BCUT2D eigenvalue weighted by molar-refractivity contribution is 0.319. The van der Waals surface area contributed by atoms with Crippen LogP contribution in [0.1, 0.15) is 109 Å². The van der Waals surface area contributed by atoms with E-state index in [2.05, 4.69) is 37.3 Å². The smallest absolute Gasteiger partial charge is 0.165 e. The average molecular weight is 479 g/mol. The molecule has 0 unspecified atom stereocenters. The summed E-state index contributed by atoms with van der Waals surface area (Å²) in [5.74, 6) is 0.772. The maximum absolute atomic E-state index is 13.9. The lowest BCUT2D eigenvalue weighted by Crippen LogP contribution is -2.12. The number of benzene rings is 3. The number of aromatic hydroxyl groups is 1. The van der Waals surface area contributed by atoms with Gasteiger partial charge in [-0.25, -0.2) is 4.39 Å². The molecule has 0 amide bonds. The summed E-state index contributed by atoms with van der Waals surface area (Å²) in [6.07, 6.45) is 12.6. The van der Waals surface area contributed by atoms with Gasteiger partial charge >= 0.3 is 0 Å². The van der Waals surface area contributed by atoms with E-state index >= 15 is 0 Å². The number of halogens is 1. The second kappa shape index (κ2) is 14.9. The molecule has 2 heteroatoms. The van der Waals surface area contributed by atoms with Crippen molar-refractivity contribution in [2.45, 2.75) is 105 Å². The van der Waals surface area contributed by atoms with Crippen LogP contribution < -0.4 is 0 Å². The van der Waals surface area contributed by atoms with Gasteiger partial charge in [0.25, 0.3) is 0 Å². The topological polar surface area (TPSA) is 20.2 Å². The van der Waals surface area contributed by atoms with Crippen molar-refractivity contribution in [2.75, 3.05) is 0 Å². The third-order valence-electron chi connectivity index (χ3n) is 7.35. The minimum atomic E-state index is -0.567. The molecule has 5 rings (SSSR count). The van der Waals surface area contributed by atoms with Crippen LogP contribution in [0.15, 0.2) is 48.5 Å². The Morgan fingerprint density at radius 2 is 1.31 bits per heavy atom. The van der Waals surface area contributed by atoms with Crippen molar-refractivity contribution in [2.24, 2.45) is 5.92 Å². The first-order valence-corrected chi connectivity index (χ1v) is 14.1. The highest BCUT2D eigenvalue weighted by molar-refractivity contribution is 5.88. The lowest BCUT2D eigenvalue weighted by atomic mass is 9.77. The Balaban J connectivity index is 0.000000473. The molecule has 0 radical (unpaired) electrons. The molecule has 2 saturated carbocycles. The zero-order chi connectivity index (χ0) is 25.8. The van der Waals surface area contributed by atoms with Gasteiger partial charge in [-0.1, -0.05) is 97.1 Å². The monoisotopic (exact) mass is 478 g/mol. The van der Waals surface area contributed by atoms with Gasteiger partial charge < -0.3 is 5.11 Å². The van der Waals surface area contributed by atoms with Crippen molar-refractivity contribution in [3.8, 4) is 16.9 Å². The third kappa shape index (κ3) is 7.82. The molecule has 0 heterocycles. The van der Waals surface area contributed by atoms with Crippen LogP contribution >= 0.6 is 0 Å². The second-order valence-corrected chi connectivity index (χ2v) is 9.49. The minimum Gasteiger partial charge on any atom is -0.505 e. The molecular formula is C33H47FO. The number of aryl methyl sites for hydroxylation is 1. The molecular weight excluding hydrogens is 431 g/mol. The minimum absolute atomic E-state index is 0.262. The summed E-state index contributed by atoms with van der Waals surface area (Å²) in [6.45, 7) is 12.0. The first-order valence-electron chi connectivity index (χ1n) is 14.1. The summed E-state index contributed by atoms with van der Waals surface area (Å²) < 4.78 is 13.9. The van der Waals surface area contributed by atoms with Crippen molar-refractivity contribution in [1.82, 2.24) is 0 Å². The van der Waals surface area contributed by atoms with Crippen molar-refractivity contribution in [3.05, 3.63) is 65.5 Å². The maximum Gasteiger partial charge on any atom is 0.165 e. The van der Waals surface area contributed by atoms with E-state index in [9.17, 15) is 9.50 Å². The molecule has 1 N–H and O–H groups in total. The van der Waals surface area contributed by atoms with Gasteiger partial charge in [0.15, 0.2) is 11.6 Å². The first-order chi connectivity index (χ1) is 17.0. The molecule has 0 spiro atoms. The highest BCUT2D eigenvalue weighted by atomic mass is 19.1. The molecule has 0 atom stereocenters. The van der Waals surface area contributed by atoms with Gasteiger partial charge in [-0.05, 0) is 95.7 Å². The van der Waals surface area contributed by atoms with Crippen LogP contribution in [0, 0.1) is 18.7 Å². The van der Waals surface area contributed by atoms with Gasteiger partial charge in [0.05, 0.1) is 0 Å². The van der Waals surface area contributed by atoms with E-state index in [4.69, 9.17) is 0 Å². The van der Waals surface area contributed by atoms with Crippen molar-refractivity contribution >= 4 is 10.8 Å². The van der Waals surface area contributed by atoms with E-state index in [1.807, 2.05) is 39.8 Å². The van der Waals surface area contributed by atoms with Gasteiger partial charge in [-0.15, -0.1) is 0 Å². The molecule has 3 aromatic carbocycles. The van der Waals surface area contributed by atoms with E-state index in [1.54, 1.807) is 6.92 Å². The van der Waals surface area contributed by atoms with Gasteiger partial charge in [-0.2, -0.15) is 0 Å². The van der Waals surface area contributed by atoms with Crippen LogP contribution in [0.2, 0.25) is 0 Å². The largest absolute Gasteiger partial charge is 0.505 e. The summed E-state index contributed by atoms with van der Waals surface area (Å²) in [5.41, 5.74) is 3.78. The van der Waals surface area contributed by atoms with E-state index in [0.29, 0.717) is 11.5 Å². The van der Waals surface area contributed by atoms with Crippen LogP contribution in [0.5, 0.6) is 5.75 Å². The summed E-state index contributed by atoms with van der Waals surface area (Å²) in [5, 5.41) is 12.1. The standard InChI is InChI=1S/C25H27FO.C4H8.2C2H6/c1-3-17-4-6-18(7-5-17)19-8-9-21-14-22(11-10-20(21)13-19)23-12-16(2)25(27)24(26)15-23;1-2-4-3-1;2*1-2/h8-15,17-18,27H,3-7H2,1-2H3;1-4H2;2*1-2H3. The van der Waals surface area contributed by atoms with Crippen LogP contribution in [-0.4, -0.2) is 5.11 Å². The van der Waals surface area contributed by atoms with E-state index < -0.39 is 5.82 Å². The molecule has 35 heavy (non-hydrogen) atoms. The van der Waals surface area contributed by atoms with Crippen molar-refractivity contribution in [3.63, 3.8) is 0 Å². The lowest BCUT2D eigenvalue weighted by Gasteiger charge is -2.28. The molecule has 2 fully saturated rings. The number of rotatable bonds is 3. The summed E-state index contributed by atoms with van der Waals surface area (Å²) in [6, 6.07) is 16.3. The molecule has 0 saturated heterocycles. The number of hydrogen-bond acceptors (Lipinski definition) is 1. The summed E-state index contributed by atoms with van der Waals surface area (Å²) in [4.78, 5) is 0. The Morgan fingerprint density at radius 1 is 0.743 bits per heavy atom. The SMILES string of the molecule is C1CCC1.CC.CC.CCC1CCC(c2ccc3cc(-c4cc(C)c(O)c(F)c4)ccc3c2)CC1. The number of phenols is 1. The molecule has 0 aromatic heterocycles. The maximum atomic E-state index is 13.9. The van der Waals surface area contributed by atoms with Crippen LogP contribution in [0.4, 0.5) is 4.39 Å². The van der Waals surface area contributed by atoms with Crippen molar-refractivity contribution < 1.29 is 9.50 Å². The van der Waals surface area contributed by atoms with Gasteiger partial charge in [-0.3, -0.25) is 0 Å². The highest BCUT2D eigenvalue weighted by Crippen LogP contribution is 2.38. The molecule has 2 aliphatic carbocycles. The fourth-order valence-corrected chi connectivity index (χ4v) is 4.75. The van der Waals surface area contributed by atoms with Gasteiger partial charge in [0.2, 0.25) is 0 Å². The fourth-order valence-electron chi connectivity index (χ4n) is 4.75. The Morgan fingerprint density at radius 3 is 1.86 bits per heavy atom. The van der Waals surface area contributed by atoms with Crippen LogP contribution in [0.3, 0.4) is 0 Å². The van der Waals surface area contributed by atoms with Crippen LogP contribution in [0.25, 0.3) is 21.9 Å². The van der Waals surface area contributed by atoms with Gasteiger partial charge in [0, 0.05) is 0 Å². The van der Waals surface area contributed by atoms with Gasteiger partial charge in [0.1, 0.15) is 0 Å². The average Bonchev–Trinajstić information content (AvgIpc) is 2.88. The molecule has 192 valence electrons. The zero-order valence-corrected chi connectivity index (χ0v) is 23.0.